The maximum atomic E-state index is 15.3. The highest BCUT2D eigenvalue weighted by molar-refractivity contribution is 14.1. The van der Waals surface area contributed by atoms with Crippen molar-refractivity contribution in [1.82, 2.24) is 20.2 Å². The summed E-state index contributed by atoms with van der Waals surface area (Å²) in [6.45, 7) is -3.00. The summed E-state index contributed by atoms with van der Waals surface area (Å²) >= 11 is 2.10. The smallest absolute Gasteiger partial charge is 0.394 e. The molecule has 3 atom stereocenters. The summed E-state index contributed by atoms with van der Waals surface area (Å²) in [6, 6.07) is 8.88. The maximum absolute atomic E-state index is 15.3. The first-order chi connectivity index (χ1) is 21.8. The van der Waals surface area contributed by atoms with Crippen LogP contribution in [0, 0.1) is 26.5 Å². The van der Waals surface area contributed by atoms with Crippen LogP contribution in [-0.2, 0) is 27.3 Å². The van der Waals surface area contributed by atoms with Gasteiger partial charge in [-0.3, -0.25) is 15.0 Å². The van der Waals surface area contributed by atoms with Crippen molar-refractivity contribution < 1.29 is 50.2 Å². The Kier molecular flexibility index (Phi) is 12.8. The number of carbonyl (C=O) groups is 2. The fraction of sp³-hybridized carbons (Fsp3) is 0.433. The lowest BCUT2D eigenvalue weighted by Gasteiger charge is -2.36. The minimum Gasteiger partial charge on any atom is -0.469 e. The standard InChI is InChI=1S/C30H33F7IN5O4/c1-29(2,30(35,36)37)20(13-26(45)47-3)27(46)41-42(15-25(44)23(39)10-16-4-6-18(38)7-5-16)14-19-21(31)11-17(12-22(19)32)24-8-9-43(40-24)28(33)34/h4-9,11-12,20,23,25,28,44H,10,13-15,39H2,1-3H3,(H,41,46)/t20-,23+,25+/m1/s1. The van der Waals surface area contributed by atoms with Gasteiger partial charge in [-0.25, -0.2) is 18.5 Å². The minimum atomic E-state index is -4.96. The van der Waals surface area contributed by atoms with Crippen molar-refractivity contribution in [3.8, 4) is 11.3 Å². The number of hydrogen-bond acceptors (Lipinski definition) is 7. The van der Waals surface area contributed by atoms with E-state index in [2.05, 4.69) is 37.9 Å². The summed E-state index contributed by atoms with van der Waals surface area (Å²) in [5.74, 6) is -6.92. The van der Waals surface area contributed by atoms with E-state index in [4.69, 9.17) is 5.73 Å². The molecule has 3 rings (SSSR count). The van der Waals surface area contributed by atoms with Gasteiger partial charge in [-0.05, 0) is 64.9 Å². The first-order valence-corrected chi connectivity index (χ1v) is 15.1. The Hall–Kier alpha value is -3.29. The number of esters is 1. The van der Waals surface area contributed by atoms with Gasteiger partial charge in [-0.2, -0.15) is 27.1 Å². The number of aliphatic hydroxyl groups is 1. The molecule has 47 heavy (non-hydrogen) atoms. The van der Waals surface area contributed by atoms with E-state index in [0.29, 0.717) is 13.8 Å². The van der Waals surface area contributed by atoms with Crippen LogP contribution in [0.5, 0.6) is 0 Å². The van der Waals surface area contributed by atoms with E-state index < -0.39 is 84.8 Å². The van der Waals surface area contributed by atoms with Crippen molar-refractivity contribution in [3.63, 3.8) is 0 Å². The molecule has 9 nitrogen and oxygen atoms in total. The Labute approximate surface area is 279 Å². The number of amides is 1. The van der Waals surface area contributed by atoms with Gasteiger partial charge in [0.15, 0.2) is 0 Å². The topological polar surface area (TPSA) is 123 Å². The number of nitrogens with one attached hydrogen (secondary N) is 1. The first kappa shape index (κ1) is 38.2. The zero-order chi connectivity index (χ0) is 35.3. The van der Waals surface area contributed by atoms with Crippen molar-refractivity contribution in [1.29, 1.82) is 0 Å². The highest BCUT2D eigenvalue weighted by atomic mass is 127. The summed E-state index contributed by atoms with van der Waals surface area (Å²) < 4.78 is 104. The summed E-state index contributed by atoms with van der Waals surface area (Å²) in [6.07, 6.45) is -6.38. The molecule has 0 aliphatic rings. The molecule has 1 aromatic heterocycles. The molecule has 3 aromatic rings. The maximum Gasteiger partial charge on any atom is 0.394 e. The summed E-state index contributed by atoms with van der Waals surface area (Å²) in [4.78, 5) is 25.4. The van der Waals surface area contributed by atoms with Crippen LogP contribution in [0.3, 0.4) is 0 Å². The monoisotopic (exact) mass is 787 g/mol. The van der Waals surface area contributed by atoms with Crippen molar-refractivity contribution in [3.05, 3.63) is 75.0 Å². The molecule has 2 aromatic carbocycles. The van der Waals surface area contributed by atoms with E-state index in [1.165, 1.54) is 0 Å². The number of benzene rings is 2. The molecule has 1 amide bonds. The summed E-state index contributed by atoms with van der Waals surface area (Å²) in [5, 5.41) is 15.3. The van der Waals surface area contributed by atoms with Crippen molar-refractivity contribution in [2.45, 2.75) is 58.1 Å². The molecule has 17 heteroatoms. The Morgan fingerprint density at radius 2 is 1.70 bits per heavy atom. The number of aliphatic hydroxyl groups excluding tert-OH is 1. The van der Waals surface area contributed by atoms with Gasteiger partial charge in [-0.15, -0.1) is 0 Å². The van der Waals surface area contributed by atoms with E-state index in [-0.39, 0.29) is 22.4 Å². The first-order valence-electron chi connectivity index (χ1n) is 14.0. The van der Waals surface area contributed by atoms with E-state index >= 15 is 8.78 Å². The molecule has 0 spiro atoms. The third-order valence-corrected chi connectivity index (χ3v) is 8.38. The van der Waals surface area contributed by atoms with Gasteiger partial charge in [0.1, 0.15) is 11.6 Å². The van der Waals surface area contributed by atoms with Crippen molar-refractivity contribution in [2.75, 3.05) is 13.7 Å². The fourth-order valence-corrected chi connectivity index (χ4v) is 4.95. The quantitative estimate of drug-likeness (QED) is 0.0871. The Balaban J connectivity index is 1.95. The van der Waals surface area contributed by atoms with Crippen LogP contribution in [0.2, 0.25) is 0 Å². The van der Waals surface area contributed by atoms with E-state index in [9.17, 15) is 36.6 Å². The van der Waals surface area contributed by atoms with E-state index in [1.54, 1.807) is 24.3 Å². The number of hydrazine groups is 1. The number of ether oxygens (including phenoxy) is 1. The van der Waals surface area contributed by atoms with Crippen LogP contribution in [-0.4, -0.2) is 63.7 Å². The molecule has 258 valence electrons. The predicted octanol–water partition coefficient (Wildman–Crippen LogP) is 5.36. The lowest BCUT2D eigenvalue weighted by Crippen LogP contribution is -2.55. The van der Waals surface area contributed by atoms with Gasteiger partial charge in [0.25, 0.3) is 0 Å². The number of carbonyl (C=O) groups excluding carboxylic acids is 2. The van der Waals surface area contributed by atoms with Gasteiger partial charge < -0.3 is 15.6 Å². The Bertz CT molecular complexity index is 1510. The number of hydrogen-bond donors (Lipinski definition) is 3. The zero-order valence-electron chi connectivity index (χ0n) is 25.4. The molecular formula is C30H33F7IN5O4. The fourth-order valence-electron chi connectivity index (χ4n) is 4.59. The largest absolute Gasteiger partial charge is 0.469 e. The van der Waals surface area contributed by atoms with Gasteiger partial charge in [0, 0.05) is 40.0 Å². The molecular weight excluding hydrogens is 754 g/mol. The Morgan fingerprint density at radius 1 is 1.11 bits per heavy atom. The van der Waals surface area contributed by atoms with Crippen LogP contribution in [0.4, 0.5) is 30.7 Å². The number of methoxy groups -OCH3 is 1. The summed E-state index contributed by atoms with van der Waals surface area (Å²) in [5.41, 5.74) is 5.30. The van der Waals surface area contributed by atoms with Crippen LogP contribution < -0.4 is 11.2 Å². The zero-order valence-corrected chi connectivity index (χ0v) is 27.5. The van der Waals surface area contributed by atoms with Crippen LogP contribution >= 0.6 is 22.6 Å². The number of alkyl halides is 5. The van der Waals surface area contributed by atoms with Crippen molar-refractivity contribution in [2.24, 2.45) is 17.1 Å². The van der Waals surface area contributed by atoms with Crippen LogP contribution in [0.1, 0.15) is 37.9 Å². The lowest BCUT2D eigenvalue weighted by atomic mass is 9.75. The molecule has 0 unspecified atom stereocenters. The average molecular weight is 788 g/mol. The van der Waals surface area contributed by atoms with Gasteiger partial charge >= 0.3 is 18.7 Å². The third-order valence-electron chi connectivity index (χ3n) is 7.67. The van der Waals surface area contributed by atoms with Crippen molar-refractivity contribution >= 4 is 34.5 Å². The second-order valence-electron chi connectivity index (χ2n) is 11.3. The second-order valence-corrected chi connectivity index (χ2v) is 12.6. The average Bonchev–Trinajstić information content (AvgIpc) is 3.49. The van der Waals surface area contributed by atoms with Gasteiger partial charge in [0.2, 0.25) is 5.91 Å². The van der Waals surface area contributed by atoms with Gasteiger partial charge in [-0.1, -0.05) is 26.0 Å². The molecule has 0 radical (unpaired) electrons. The normalized spacial score (nSPS) is 14.3. The van der Waals surface area contributed by atoms with Crippen LogP contribution in [0.25, 0.3) is 11.3 Å². The SMILES string of the molecule is COC(=O)C[C@H](C(=O)NN(Cc1c(F)cc(-c2ccn(C(F)F)n2)cc1F)C[C@H](O)[C@@H](N)Cc1ccc(I)cc1)C(C)(C)C(F)(F)F. The Morgan fingerprint density at radius 3 is 2.21 bits per heavy atom. The number of halogens is 8. The molecule has 0 fully saturated rings. The highest BCUT2D eigenvalue weighted by Gasteiger charge is 2.55. The molecule has 1 heterocycles. The minimum absolute atomic E-state index is 0.134. The molecule has 0 bridgehead atoms. The van der Waals surface area contributed by atoms with E-state index in [1.807, 2.05) is 0 Å². The second kappa shape index (κ2) is 15.7. The lowest BCUT2D eigenvalue weighted by molar-refractivity contribution is -0.231. The highest BCUT2D eigenvalue weighted by Crippen LogP contribution is 2.45. The van der Waals surface area contributed by atoms with E-state index in [0.717, 1.165) is 45.6 Å². The molecule has 0 saturated heterocycles. The van der Waals surface area contributed by atoms with Gasteiger partial charge in [0.05, 0.1) is 36.7 Å². The number of aromatic nitrogens is 2. The third kappa shape index (κ3) is 9.86. The van der Waals surface area contributed by atoms with Crippen LogP contribution in [0.15, 0.2) is 48.7 Å². The molecule has 0 saturated carbocycles. The number of nitrogens with zero attached hydrogens (tertiary/aromatic N) is 3. The number of rotatable bonds is 14. The molecule has 4 N–H and O–H groups in total. The predicted molar refractivity (Wildman–Crippen MR) is 164 cm³/mol. The molecule has 0 aliphatic heterocycles. The number of nitrogens with two attached hydrogens (primary N) is 1. The molecule has 0 aliphatic carbocycles. The summed E-state index contributed by atoms with van der Waals surface area (Å²) in [7, 11) is 0.933.